The van der Waals surface area contributed by atoms with Crippen LogP contribution in [0.3, 0.4) is 0 Å². The number of hydrogen-bond acceptors (Lipinski definition) is 4. The Kier molecular flexibility index (Phi) is 5.20. The van der Waals surface area contributed by atoms with Gasteiger partial charge in [0.15, 0.2) is 0 Å². The number of phenolic OH excluding ortho intramolecular Hbond substituents is 1. The quantitative estimate of drug-likeness (QED) is 0.761. The molecule has 106 valence electrons. The Morgan fingerprint density at radius 3 is 2.85 bits per heavy atom. The molecule has 0 saturated heterocycles. The minimum Gasteiger partial charge on any atom is -0.507 e. The van der Waals surface area contributed by atoms with Gasteiger partial charge < -0.3 is 19.6 Å². The summed E-state index contributed by atoms with van der Waals surface area (Å²) in [5, 5.41) is 12.3. The van der Waals surface area contributed by atoms with Crippen LogP contribution in [0, 0.1) is 0 Å². The molecule has 0 aliphatic heterocycles. The summed E-state index contributed by atoms with van der Waals surface area (Å²) in [5.41, 5.74) is 0.281. The first-order valence-corrected chi connectivity index (χ1v) is 6.43. The summed E-state index contributed by atoms with van der Waals surface area (Å²) in [5.74, 6) is 0.483. The molecule has 2 rings (SSSR count). The van der Waals surface area contributed by atoms with E-state index in [4.69, 9.17) is 9.15 Å². The van der Waals surface area contributed by atoms with Gasteiger partial charge in [-0.25, -0.2) is 0 Å². The van der Waals surface area contributed by atoms with Gasteiger partial charge in [-0.2, -0.15) is 0 Å². The molecule has 0 aliphatic carbocycles. The van der Waals surface area contributed by atoms with Crippen LogP contribution in [-0.4, -0.2) is 24.2 Å². The average molecular weight is 275 g/mol. The van der Waals surface area contributed by atoms with E-state index in [1.54, 1.807) is 24.5 Å². The van der Waals surface area contributed by atoms with Gasteiger partial charge in [0.25, 0.3) is 5.91 Å². The second-order valence-corrected chi connectivity index (χ2v) is 4.26. The number of aromatic hydroxyl groups is 1. The summed E-state index contributed by atoms with van der Waals surface area (Å²) in [6.07, 6.45) is 2.30. The molecular weight excluding hydrogens is 258 g/mol. The number of nitrogens with one attached hydrogen (secondary N) is 1. The Labute approximate surface area is 117 Å². The Morgan fingerprint density at radius 1 is 1.25 bits per heavy atom. The van der Waals surface area contributed by atoms with E-state index in [-0.39, 0.29) is 17.2 Å². The Hall–Kier alpha value is -2.27. The first-order valence-electron chi connectivity index (χ1n) is 6.43. The van der Waals surface area contributed by atoms with Gasteiger partial charge in [0.05, 0.1) is 11.8 Å². The van der Waals surface area contributed by atoms with E-state index >= 15 is 0 Å². The molecule has 1 heterocycles. The lowest BCUT2D eigenvalue weighted by molar-refractivity contribution is 0.0915. The van der Waals surface area contributed by atoms with Crippen molar-refractivity contribution in [3.63, 3.8) is 0 Å². The summed E-state index contributed by atoms with van der Waals surface area (Å²) in [7, 11) is 0. The molecule has 0 unspecified atom stereocenters. The lowest BCUT2D eigenvalue weighted by Crippen LogP contribution is -2.25. The lowest BCUT2D eigenvalue weighted by Gasteiger charge is -2.06. The SMILES string of the molecule is O=C(NCCCOCc1ccco1)c1ccccc1O. The molecule has 2 aromatic rings. The zero-order chi connectivity index (χ0) is 14.2. The predicted molar refractivity (Wildman–Crippen MR) is 73.4 cm³/mol. The van der Waals surface area contributed by atoms with Crippen LogP contribution in [0.15, 0.2) is 47.1 Å². The third-order valence-corrected chi connectivity index (χ3v) is 2.72. The van der Waals surface area contributed by atoms with Gasteiger partial charge in [-0.1, -0.05) is 12.1 Å². The van der Waals surface area contributed by atoms with Crippen molar-refractivity contribution >= 4 is 5.91 Å². The largest absolute Gasteiger partial charge is 0.507 e. The number of hydrogen-bond donors (Lipinski definition) is 2. The first kappa shape index (κ1) is 14.1. The van der Waals surface area contributed by atoms with Crippen LogP contribution in [0.4, 0.5) is 0 Å². The highest BCUT2D eigenvalue weighted by atomic mass is 16.5. The van der Waals surface area contributed by atoms with E-state index in [2.05, 4.69) is 5.32 Å². The number of benzene rings is 1. The smallest absolute Gasteiger partial charge is 0.255 e. The number of carbonyl (C=O) groups excluding carboxylic acids is 1. The van der Waals surface area contributed by atoms with Gasteiger partial charge in [-0.15, -0.1) is 0 Å². The summed E-state index contributed by atoms with van der Waals surface area (Å²) in [6, 6.07) is 10.1. The van der Waals surface area contributed by atoms with Crippen LogP contribution in [-0.2, 0) is 11.3 Å². The van der Waals surface area contributed by atoms with Crippen molar-refractivity contribution in [3.05, 3.63) is 54.0 Å². The highest BCUT2D eigenvalue weighted by Gasteiger charge is 2.08. The molecule has 0 spiro atoms. The highest BCUT2D eigenvalue weighted by Crippen LogP contribution is 2.14. The number of carbonyl (C=O) groups is 1. The van der Waals surface area contributed by atoms with Crippen molar-refractivity contribution in [2.45, 2.75) is 13.0 Å². The van der Waals surface area contributed by atoms with Gasteiger partial charge in [0.2, 0.25) is 0 Å². The number of ether oxygens (including phenoxy) is 1. The molecule has 2 N–H and O–H groups in total. The van der Waals surface area contributed by atoms with Crippen LogP contribution in [0.1, 0.15) is 22.5 Å². The molecule has 1 aromatic heterocycles. The predicted octanol–water partition coefficient (Wildman–Crippen LogP) is 2.32. The van der Waals surface area contributed by atoms with E-state index in [1.165, 1.54) is 6.07 Å². The second-order valence-electron chi connectivity index (χ2n) is 4.26. The normalized spacial score (nSPS) is 10.4. The van der Waals surface area contributed by atoms with Crippen molar-refractivity contribution < 1.29 is 19.1 Å². The molecule has 0 atom stereocenters. The van der Waals surface area contributed by atoms with E-state index in [0.717, 1.165) is 5.76 Å². The first-order chi connectivity index (χ1) is 9.77. The van der Waals surface area contributed by atoms with Gasteiger partial charge in [-0.05, 0) is 30.7 Å². The molecule has 1 aromatic carbocycles. The van der Waals surface area contributed by atoms with Crippen molar-refractivity contribution in [2.24, 2.45) is 0 Å². The summed E-state index contributed by atoms with van der Waals surface area (Å²) in [6.45, 7) is 1.45. The van der Waals surface area contributed by atoms with Gasteiger partial charge in [0, 0.05) is 13.2 Å². The van der Waals surface area contributed by atoms with Crippen molar-refractivity contribution in [2.75, 3.05) is 13.2 Å². The Balaban J connectivity index is 1.61. The summed E-state index contributed by atoms with van der Waals surface area (Å²) in [4.78, 5) is 11.8. The van der Waals surface area contributed by atoms with Gasteiger partial charge >= 0.3 is 0 Å². The van der Waals surface area contributed by atoms with Crippen LogP contribution in [0.25, 0.3) is 0 Å². The highest BCUT2D eigenvalue weighted by molar-refractivity contribution is 5.96. The van der Waals surface area contributed by atoms with Crippen LogP contribution >= 0.6 is 0 Å². The van der Waals surface area contributed by atoms with Crippen LogP contribution in [0.2, 0.25) is 0 Å². The zero-order valence-corrected chi connectivity index (χ0v) is 11.0. The Morgan fingerprint density at radius 2 is 2.10 bits per heavy atom. The minimum absolute atomic E-state index is 0.0148. The van der Waals surface area contributed by atoms with Crippen LogP contribution < -0.4 is 5.32 Å². The molecule has 0 bridgehead atoms. The molecule has 5 nitrogen and oxygen atoms in total. The minimum atomic E-state index is -0.283. The third-order valence-electron chi connectivity index (χ3n) is 2.72. The summed E-state index contributed by atoms with van der Waals surface area (Å²) < 4.78 is 10.5. The summed E-state index contributed by atoms with van der Waals surface area (Å²) >= 11 is 0. The molecule has 0 aliphatic rings. The number of rotatable bonds is 7. The van der Waals surface area contributed by atoms with Gasteiger partial charge in [-0.3, -0.25) is 4.79 Å². The van der Waals surface area contributed by atoms with E-state index in [9.17, 15) is 9.90 Å². The fourth-order valence-corrected chi connectivity index (χ4v) is 1.70. The van der Waals surface area contributed by atoms with Crippen molar-refractivity contribution in [1.29, 1.82) is 0 Å². The molecule has 1 amide bonds. The molecule has 0 saturated carbocycles. The van der Waals surface area contributed by atoms with E-state index < -0.39 is 0 Å². The fourth-order valence-electron chi connectivity index (χ4n) is 1.70. The standard InChI is InChI=1S/C15H17NO4/c17-14-7-2-1-6-13(14)15(18)16-8-4-9-19-11-12-5-3-10-20-12/h1-3,5-7,10,17H,4,8-9,11H2,(H,16,18). The number of phenols is 1. The van der Waals surface area contributed by atoms with E-state index in [0.29, 0.717) is 26.2 Å². The third kappa shape index (κ3) is 4.13. The monoisotopic (exact) mass is 275 g/mol. The van der Waals surface area contributed by atoms with Crippen molar-refractivity contribution in [3.8, 4) is 5.75 Å². The lowest BCUT2D eigenvalue weighted by atomic mass is 10.2. The topological polar surface area (TPSA) is 71.7 Å². The Bertz CT molecular complexity index is 537. The van der Waals surface area contributed by atoms with Gasteiger partial charge in [0.1, 0.15) is 18.1 Å². The maximum absolute atomic E-state index is 11.8. The van der Waals surface area contributed by atoms with Crippen LogP contribution in [0.5, 0.6) is 5.75 Å². The molecule has 20 heavy (non-hydrogen) atoms. The molecular formula is C15H17NO4. The number of para-hydroxylation sites is 1. The maximum atomic E-state index is 11.8. The average Bonchev–Trinajstić information content (AvgIpc) is 2.96. The number of furan rings is 1. The second kappa shape index (κ2) is 7.35. The zero-order valence-electron chi connectivity index (χ0n) is 11.0. The molecule has 5 heteroatoms. The maximum Gasteiger partial charge on any atom is 0.255 e. The van der Waals surface area contributed by atoms with Crippen molar-refractivity contribution in [1.82, 2.24) is 5.32 Å². The molecule has 0 fully saturated rings. The number of amides is 1. The fraction of sp³-hybridized carbons (Fsp3) is 0.267. The molecule has 0 radical (unpaired) electrons. The van der Waals surface area contributed by atoms with E-state index in [1.807, 2.05) is 12.1 Å².